The quantitative estimate of drug-likeness (QED) is 0.492. The highest BCUT2D eigenvalue weighted by molar-refractivity contribution is 14.1. The van der Waals surface area contributed by atoms with Crippen molar-refractivity contribution in [2.75, 3.05) is 5.73 Å². The van der Waals surface area contributed by atoms with Crippen LogP contribution < -0.4 is 5.73 Å². The Bertz CT molecular complexity index is 816. The van der Waals surface area contributed by atoms with Gasteiger partial charge in [-0.2, -0.15) is 5.10 Å². The summed E-state index contributed by atoms with van der Waals surface area (Å²) in [6.07, 6.45) is 0. The molecule has 0 saturated carbocycles. The number of nitrogens with two attached hydrogens (primary N) is 1. The van der Waals surface area contributed by atoms with Crippen LogP contribution in [0.25, 0.3) is 22.4 Å². The number of nitrogens with one attached hydrogen (secondary N) is 1. The molecule has 3 aromatic rings. The fourth-order valence-electron chi connectivity index (χ4n) is 2.15. The highest BCUT2D eigenvalue weighted by Gasteiger charge is 2.15. The van der Waals surface area contributed by atoms with Crippen LogP contribution in [0.5, 0.6) is 0 Å². The number of hydrogen-bond donors (Lipinski definition) is 2. The lowest BCUT2D eigenvalue weighted by Crippen LogP contribution is -1.89. The number of nitrogen functional groups attached to an aromatic ring is 1. The lowest BCUT2D eigenvalue weighted by atomic mass is 10.0. The highest BCUT2D eigenvalue weighted by atomic mass is 127. The first kappa shape index (κ1) is 14.9. The van der Waals surface area contributed by atoms with Crippen LogP contribution in [-0.2, 0) is 0 Å². The molecule has 0 atom stereocenters. The lowest BCUT2D eigenvalue weighted by molar-refractivity contribution is 1.10. The number of rotatable bonds is 2. The van der Waals surface area contributed by atoms with Gasteiger partial charge >= 0.3 is 0 Å². The Labute approximate surface area is 149 Å². The van der Waals surface area contributed by atoms with Crippen molar-refractivity contribution in [2.24, 2.45) is 0 Å². The summed E-state index contributed by atoms with van der Waals surface area (Å²) in [6.45, 7) is 0. The molecule has 3 N–H and O–H groups in total. The smallest absolute Gasteiger partial charge is 0.153 e. The molecule has 0 amide bonds. The average molecular weight is 475 g/mol. The monoisotopic (exact) mass is 473 g/mol. The molecule has 0 saturated heterocycles. The number of H-pyrrole nitrogens is 1. The predicted octanol–water partition coefficient (Wildman–Crippen LogP) is 5.35. The standard InChI is InChI=1S/C15H10BrClIN3/c16-10-3-1-2-8(6-10)13-14(20-21-15(13)19)9-4-5-12(18)11(17)7-9/h1-7H,(H3,19,20,21). The van der Waals surface area contributed by atoms with Crippen LogP contribution in [0.4, 0.5) is 5.82 Å². The maximum absolute atomic E-state index is 6.21. The van der Waals surface area contributed by atoms with Gasteiger partial charge in [0.2, 0.25) is 0 Å². The van der Waals surface area contributed by atoms with Crippen molar-refractivity contribution in [3.63, 3.8) is 0 Å². The van der Waals surface area contributed by atoms with E-state index in [9.17, 15) is 0 Å². The number of benzene rings is 2. The van der Waals surface area contributed by atoms with Gasteiger partial charge in [0.25, 0.3) is 0 Å². The largest absolute Gasteiger partial charge is 0.382 e. The van der Waals surface area contributed by atoms with Crippen LogP contribution in [0.2, 0.25) is 5.02 Å². The molecular formula is C15H10BrClIN3. The van der Waals surface area contributed by atoms with Crippen molar-refractivity contribution in [2.45, 2.75) is 0 Å². The summed E-state index contributed by atoms with van der Waals surface area (Å²) in [5, 5.41) is 7.86. The molecule has 1 aromatic heterocycles. The molecule has 3 nitrogen and oxygen atoms in total. The molecule has 3 rings (SSSR count). The van der Waals surface area contributed by atoms with E-state index in [1.807, 2.05) is 42.5 Å². The van der Waals surface area contributed by atoms with Gasteiger partial charge in [-0.3, -0.25) is 5.10 Å². The van der Waals surface area contributed by atoms with Crippen molar-refractivity contribution in [3.8, 4) is 22.4 Å². The molecule has 0 unspecified atom stereocenters. The number of anilines is 1. The average Bonchev–Trinajstić information content (AvgIpc) is 2.84. The normalized spacial score (nSPS) is 10.8. The third kappa shape index (κ3) is 2.95. The van der Waals surface area contributed by atoms with E-state index in [4.69, 9.17) is 17.3 Å². The van der Waals surface area contributed by atoms with Gasteiger partial charge in [-0.25, -0.2) is 0 Å². The second-order valence-electron chi connectivity index (χ2n) is 4.50. The third-order valence-corrected chi connectivity index (χ3v) is 5.18. The topological polar surface area (TPSA) is 54.7 Å². The van der Waals surface area contributed by atoms with Crippen molar-refractivity contribution in [3.05, 3.63) is 55.5 Å². The summed E-state index contributed by atoms with van der Waals surface area (Å²) in [5.74, 6) is 0.470. The first-order chi connectivity index (χ1) is 10.1. The van der Waals surface area contributed by atoms with Crippen molar-refractivity contribution >= 4 is 55.9 Å². The summed E-state index contributed by atoms with van der Waals surface area (Å²) in [4.78, 5) is 0. The highest BCUT2D eigenvalue weighted by Crippen LogP contribution is 2.37. The zero-order chi connectivity index (χ0) is 15.0. The SMILES string of the molecule is Nc1n[nH]c(-c2ccc(I)c(Cl)c2)c1-c1cccc(Br)c1. The molecule has 0 fully saturated rings. The minimum absolute atomic E-state index is 0.470. The van der Waals surface area contributed by atoms with E-state index in [0.717, 1.165) is 30.4 Å². The van der Waals surface area contributed by atoms with E-state index < -0.39 is 0 Å². The Morgan fingerprint density at radius 1 is 1.14 bits per heavy atom. The lowest BCUT2D eigenvalue weighted by Gasteiger charge is -2.06. The van der Waals surface area contributed by atoms with E-state index >= 15 is 0 Å². The number of nitrogens with zero attached hydrogens (tertiary/aromatic N) is 1. The molecule has 21 heavy (non-hydrogen) atoms. The Kier molecular flexibility index (Phi) is 4.24. The summed E-state index contributed by atoms with van der Waals surface area (Å²) in [5.41, 5.74) is 9.74. The van der Waals surface area contributed by atoms with Gasteiger partial charge in [0.1, 0.15) is 0 Å². The summed E-state index contributed by atoms with van der Waals surface area (Å²) in [7, 11) is 0. The molecule has 0 radical (unpaired) electrons. The van der Waals surface area contributed by atoms with E-state index in [1.165, 1.54) is 0 Å². The number of aromatic nitrogens is 2. The van der Waals surface area contributed by atoms with Crippen LogP contribution in [0.15, 0.2) is 46.9 Å². The van der Waals surface area contributed by atoms with Gasteiger partial charge in [-0.05, 0) is 52.4 Å². The summed E-state index contributed by atoms with van der Waals surface area (Å²) >= 11 is 11.9. The van der Waals surface area contributed by atoms with Crippen LogP contribution in [0.1, 0.15) is 0 Å². The van der Waals surface area contributed by atoms with Crippen molar-refractivity contribution in [1.82, 2.24) is 10.2 Å². The molecule has 6 heteroatoms. The zero-order valence-electron chi connectivity index (χ0n) is 10.7. The van der Waals surface area contributed by atoms with Gasteiger partial charge in [-0.15, -0.1) is 0 Å². The molecule has 0 spiro atoms. The maximum Gasteiger partial charge on any atom is 0.153 e. The van der Waals surface area contributed by atoms with Crippen LogP contribution in [0.3, 0.4) is 0 Å². The molecule has 0 bridgehead atoms. The number of hydrogen-bond acceptors (Lipinski definition) is 2. The third-order valence-electron chi connectivity index (χ3n) is 3.12. The molecule has 0 aliphatic carbocycles. The van der Waals surface area contributed by atoms with E-state index in [2.05, 4.69) is 48.7 Å². The Morgan fingerprint density at radius 3 is 2.67 bits per heavy atom. The predicted molar refractivity (Wildman–Crippen MR) is 99.3 cm³/mol. The molecule has 2 aromatic carbocycles. The zero-order valence-corrected chi connectivity index (χ0v) is 15.2. The van der Waals surface area contributed by atoms with Crippen LogP contribution >= 0.6 is 50.1 Å². The number of halogens is 3. The number of aromatic amines is 1. The van der Waals surface area contributed by atoms with E-state index in [1.54, 1.807) is 0 Å². The Morgan fingerprint density at radius 2 is 1.95 bits per heavy atom. The second kappa shape index (κ2) is 5.98. The Balaban J connectivity index is 2.19. The first-order valence-corrected chi connectivity index (χ1v) is 8.36. The fourth-order valence-corrected chi connectivity index (χ4v) is 3.07. The van der Waals surface area contributed by atoms with Crippen molar-refractivity contribution < 1.29 is 0 Å². The van der Waals surface area contributed by atoms with Gasteiger partial charge in [0.05, 0.1) is 16.3 Å². The van der Waals surface area contributed by atoms with E-state index in [-0.39, 0.29) is 0 Å². The summed E-state index contributed by atoms with van der Waals surface area (Å²) in [6, 6.07) is 13.8. The second-order valence-corrected chi connectivity index (χ2v) is 6.98. The molecule has 106 valence electrons. The molecule has 0 aliphatic rings. The first-order valence-electron chi connectivity index (χ1n) is 6.11. The van der Waals surface area contributed by atoms with Gasteiger partial charge in [0.15, 0.2) is 5.82 Å². The van der Waals surface area contributed by atoms with Gasteiger partial charge < -0.3 is 5.73 Å². The Hall–Kier alpha value is -1.05. The fraction of sp³-hybridized carbons (Fsp3) is 0. The molecule has 0 aliphatic heterocycles. The van der Waals surface area contributed by atoms with Gasteiger partial charge in [-0.1, -0.05) is 45.7 Å². The molecule has 1 heterocycles. The summed E-state index contributed by atoms with van der Waals surface area (Å²) < 4.78 is 2.00. The van der Waals surface area contributed by atoms with Gasteiger partial charge in [0, 0.05) is 13.6 Å². The van der Waals surface area contributed by atoms with E-state index in [0.29, 0.717) is 10.8 Å². The minimum Gasteiger partial charge on any atom is -0.382 e. The van der Waals surface area contributed by atoms with Crippen LogP contribution in [-0.4, -0.2) is 10.2 Å². The maximum atomic E-state index is 6.21. The minimum atomic E-state index is 0.470. The molecular weight excluding hydrogens is 464 g/mol. The van der Waals surface area contributed by atoms with Crippen LogP contribution in [0, 0.1) is 3.57 Å². The van der Waals surface area contributed by atoms with Crippen molar-refractivity contribution in [1.29, 1.82) is 0 Å².